The van der Waals surface area contributed by atoms with Crippen LogP contribution in [-0.2, 0) is 41.6 Å². The van der Waals surface area contributed by atoms with E-state index in [1.54, 1.807) is 36.0 Å². The molecule has 1 unspecified atom stereocenters. The highest BCUT2D eigenvalue weighted by atomic mass is 32.2. The highest BCUT2D eigenvalue weighted by molar-refractivity contribution is 8.03. The van der Waals surface area contributed by atoms with Gasteiger partial charge in [0.15, 0.2) is 0 Å². The van der Waals surface area contributed by atoms with Crippen LogP contribution in [0.2, 0.25) is 0 Å². The van der Waals surface area contributed by atoms with E-state index in [9.17, 15) is 33.9 Å². The van der Waals surface area contributed by atoms with Crippen LogP contribution in [0.25, 0.3) is 11.1 Å². The molecule has 266 valence electrons. The number of rotatable bonds is 6. The van der Waals surface area contributed by atoms with E-state index < -0.39 is 59.7 Å². The third-order valence-electron chi connectivity index (χ3n) is 8.67. The maximum Gasteiger partial charge on any atom is 0.326 e. The number of carbonyl (C=O) groups is 6. The summed E-state index contributed by atoms with van der Waals surface area (Å²) in [5.41, 5.74) is 3.75. The van der Waals surface area contributed by atoms with Crippen LogP contribution in [-0.4, -0.2) is 70.0 Å². The topological polar surface area (TPSA) is 183 Å². The molecule has 51 heavy (non-hydrogen) atoms. The molecule has 5 amide bonds. The lowest BCUT2D eigenvalue weighted by atomic mass is 9.99. The second kappa shape index (κ2) is 17.5. The maximum absolute atomic E-state index is 13.9. The largest absolute Gasteiger partial charge is 0.480 e. The Morgan fingerprint density at radius 2 is 1.41 bits per heavy atom. The average molecular weight is 712 g/mol. The van der Waals surface area contributed by atoms with Crippen molar-refractivity contribution in [3.63, 3.8) is 0 Å². The number of hydrogen-bond acceptors (Lipinski definition) is 7. The summed E-state index contributed by atoms with van der Waals surface area (Å²) in [6.45, 7) is 1.43. The van der Waals surface area contributed by atoms with E-state index >= 15 is 0 Å². The molecule has 3 aromatic carbocycles. The van der Waals surface area contributed by atoms with Crippen molar-refractivity contribution < 1.29 is 33.9 Å². The van der Waals surface area contributed by atoms with Crippen molar-refractivity contribution in [1.29, 1.82) is 0 Å². The first-order valence-corrected chi connectivity index (χ1v) is 17.7. The molecule has 0 saturated carbocycles. The molecule has 6 N–H and O–H groups in total. The van der Waals surface area contributed by atoms with Crippen LogP contribution in [0, 0.1) is 0 Å². The van der Waals surface area contributed by atoms with E-state index in [4.69, 9.17) is 0 Å². The number of anilines is 1. The molecule has 2 bridgehead atoms. The molecule has 3 aliphatic heterocycles. The SMILES string of the molecule is C[C@H]1NC(=O)[C@H](Cc2ccc(-c3ccccc3)cc2)NC(=O)[C@@H](CC2CC=CS2)NC(=O)CCC(=O)Nc2ccc(cc2)C[C@@H](C(=O)O)NC1=O. The average Bonchev–Trinajstić information content (AvgIpc) is 3.64. The number of aliphatic carboxylic acids is 1. The van der Waals surface area contributed by atoms with Crippen molar-refractivity contribution in [2.45, 2.75) is 74.9 Å². The van der Waals surface area contributed by atoms with E-state index in [0.717, 1.165) is 16.7 Å². The summed E-state index contributed by atoms with van der Waals surface area (Å²) in [6.07, 6.45) is 2.66. The molecular formula is C38H41N5O7S. The zero-order valence-corrected chi connectivity index (χ0v) is 28.9. The van der Waals surface area contributed by atoms with Gasteiger partial charge in [-0.25, -0.2) is 4.79 Å². The molecule has 0 aromatic heterocycles. The van der Waals surface area contributed by atoms with Gasteiger partial charge < -0.3 is 31.7 Å². The van der Waals surface area contributed by atoms with Gasteiger partial charge in [-0.2, -0.15) is 0 Å². The summed E-state index contributed by atoms with van der Waals surface area (Å²) in [4.78, 5) is 78.7. The van der Waals surface area contributed by atoms with Crippen molar-refractivity contribution in [1.82, 2.24) is 21.3 Å². The van der Waals surface area contributed by atoms with E-state index in [1.165, 1.54) is 6.92 Å². The van der Waals surface area contributed by atoms with Crippen LogP contribution in [0.1, 0.15) is 43.7 Å². The summed E-state index contributed by atoms with van der Waals surface area (Å²) in [5.74, 6) is -4.15. The molecule has 0 fully saturated rings. The smallest absolute Gasteiger partial charge is 0.326 e. The molecule has 3 heterocycles. The number of benzene rings is 3. The molecule has 3 aromatic rings. The lowest BCUT2D eigenvalue weighted by molar-refractivity contribution is -0.142. The van der Waals surface area contributed by atoms with Gasteiger partial charge in [-0.3, -0.25) is 24.0 Å². The molecule has 13 heteroatoms. The van der Waals surface area contributed by atoms with E-state index in [0.29, 0.717) is 17.7 Å². The number of thioether (sulfide) groups is 1. The van der Waals surface area contributed by atoms with Gasteiger partial charge in [-0.05, 0) is 59.6 Å². The Kier molecular flexibility index (Phi) is 12.6. The zero-order chi connectivity index (χ0) is 36.3. The first kappa shape index (κ1) is 36.8. The normalized spacial score (nSPS) is 23.6. The third-order valence-corrected chi connectivity index (χ3v) is 9.79. The second-order valence-corrected chi connectivity index (χ2v) is 13.8. The molecule has 0 radical (unpaired) electrons. The van der Waals surface area contributed by atoms with Crippen LogP contribution < -0.4 is 26.6 Å². The Hall–Kier alpha value is -5.43. The van der Waals surface area contributed by atoms with Crippen molar-refractivity contribution in [3.05, 3.63) is 101 Å². The first-order chi connectivity index (χ1) is 24.5. The minimum Gasteiger partial charge on any atom is -0.480 e. The quantitative estimate of drug-likeness (QED) is 0.211. The van der Waals surface area contributed by atoms with Gasteiger partial charge in [0.25, 0.3) is 0 Å². The van der Waals surface area contributed by atoms with Gasteiger partial charge in [0.1, 0.15) is 24.2 Å². The summed E-state index contributed by atoms with van der Waals surface area (Å²) in [6, 6.07) is 19.1. The number of fused-ring (bicyclic) bond motifs is 18. The highest BCUT2D eigenvalue weighted by Gasteiger charge is 2.32. The summed E-state index contributed by atoms with van der Waals surface area (Å²) in [5, 5.41) is 25.2. The van der Waals surface area contributed by atoms with Crippen LogP contribution in [0.15, 0.2) is 90.3 Å². The van der Waals surface area contributed by atoms with Crippen molar-refractivity contribution in [3.8, 4) is 11.1 Å². The lowest BCUT2D eigenvalue weighted by Gasteiger charge is -2.26. The minimum atomic E-state index is -1.30. The van der Waals surface area contributed by atoms with Crippen LogP contribution >= 0.6 is 11.8 Å². The van der Waals surface area contributed by atoms with E-state index in [-0.39, 0.29) is 37.4 Å². The van der Waals surface area contributed by atoms with Crippen LogP contribution in [0.4, 0.5) is 5.69 Å². The molecule has 0 aliphatic carbocycles. The summed E-state index contributed by atoms with van der Waals surface area (Å²) < 4.78 is 0. The number of hydrogen-bond donors (Lipinski definition) is 6. The predicted octanol–water partition coefficient (Wildman–Crippen LogP) is 3.32. The number of allylic oxidation sites excluding steroid dienone is 1. The van der Waals surface area contributed by atoms with Gasteiger partial charge in [-0.1, -0.05) is 72.8 Å². The summed E-state index contributed by atoms with van der Waals surface area (Å²) >= 11 is 1.54. The van der Waals surface area contributed by atoms with Gasteiger partial charge >= 0.3 is 5.97 Å². The molecular weight excluding hydrogens is 671 g/mol. The van der Waals surface area contributed by atoms with Gasteiger partial charge in [-0.15, -0.1) is 11.8 Å². The Labute approximate surface area is 300 Å². The number of carboxylic acids is 1. The van der Waals surface area contributed by atoms with Gasteiger partial charge in [0.2, 0.25) is 29.5 Å². The highest BCUT2D eigenvalue weighted by Crippen LogP contribution is 2.28. The molecule has 0 saturated heterocycles. The molecule has 6 rings (SSSR count). The Bertz CT molecular complexity index is 1760. The number of carboxylic acid groups (broad SMARTS) is 1. The van der Waals surface area contributed by atoms with Crippen molar-refractivity contribution >= 4 is 53.0 Å². The van der Waals surface area contributed by atoms with E-state index in [1.807, 2.05) is 66.1 Å². The molecule has 0 spiro atoms. The standard InChI is InChI=1S/C38H41N5O7S/c1-23-35(46)43-32(38(49)50)21-25-11-15-28(16-12-25)40-33(44)17-18-34(45)41-31(22-29-8-5-19-51-29)37(48)42-30(36(47)39-23)20-24-9-13-27(14-10-24)26-6-3-2-4-7-26/h2-7,9-16,19,23,29-32H,8,17-18,20-22H2,1H3,(H,39,47)(H,40,44)(H,41,45)(H,42,48)(H,43,46)(H,49,50)/t23-,29?,30+,31-,32+/m1/s1. The van der Waals surface area contributed by atoms with Crippen molar-refractivity contribution in [2.75, 3.05) is 5.32 Å². The zero-order valence-electron chi connectivity index (χ0n) is 28.1. The molecule has 5 atom stereocenters. The molecule has 3 aliphatic rings. The second-order valence-electron chi connectivity index (χ2n) is 12.6. The molecule has 12 nitrogen and oxygen atoms in total. The van der Waals surface area contributed by atoms with Crippen LogP contribution in [0.5, 0.6) is 0 Å². The van der Waals surface area contributed by atoms with E-state index in [2.05, 4.69) is 26.6 Å². The fraction of sp³-hybridized carbons (Fsp3) is 0.316. The number of amides is 5. The van der Waals surface area contributed by atoms with Crippen LogP contribution in [0.3, 0.4) is 0 Å². The third kappa shape index (κ3) is 10.8. The fourth-order valence-corrected chi connectivity index (χ4v) is 6.78. The minimum absolute atomic E-state index is 0.0190. The lowest BCUT2D eigenvalue weighted by Crippen LogP contribution is -2.58. The monoisotopic (exact) mass is 711 g/mol. The number of carbonyl (C=O) groups excluding carboxylic acids is 5. The van der Waals surface area contributed by atoms with Crippen molar-refractivity contribution in [2.24, 2.45) is 0 Å². The Morgan fingerprint density at radius 3 is 2.08 bits per heavy atom. The Morgan fingerprint density at radius 1 is 0.745 bits per heavy atom. The fourth-order valence-electron chi connectivity index (χ4n) is 5.81. The number of nitrogens with one attached hydrogen (secondary N) is 5. The van der Waals surface area contributed by atoms with Gasteiger partial charge in [0, 0.05) is 36.6 Å². The summed E-state index contributed by atoms with van der Waals surface area (Å²) in [7, 11) is 0. The first-order valence-electron chi connectivity index (χ1n) is 16.8. The van der Waals surface area contributed by atoms with Gasteiger partial charge in [0.05, 0.1) is 0 Å². The predicted molar refractivity (Wildman–Crippen MR) is 194 cm³/mol. The maximum atomic E-state index is 13.9. The Balaban J connectivity index is 1.41.